The van der Waals surface area contributed by atoms with Crippen LogP contribution in [0.1, 0.15) is 41.6 Å². The van der Waals surface area contributed by atoms with Gasteiger partial charge in [0.1, 0.15) is 0 Å². The monoisotopic (exact) mass is 480 g/mol. The first-order valence-electron chi connectivity index (χ1n) is 12.2. The number of amides is 1. The molecule has 0 aliphatic heterocycles. The van der Waals surface area contributed by atoms with E-state index in [0.29, 0.717) is 38.0 Å². The Hall–Kier alpha value is -4.19. The Morgan fingerprint density at radius 3 is 2.14 bits per heavy atom. The number of carbonyl (C=O) groups excluding carboxylic acids is 1. The van der Waals surface area contributed by atoms with E-state index in [9.17, 15) is 14.7 Å². The van der Waals surface area contributed by atoms with Gasteiger partial charge in [0.15, 0.2) is 5.76 Å². The van der Waals surface area contributed by atoms with Crippen molar-refractivity contribution in [2.45, 2.75) is 44.6 Å². The lowest BCUT2D eigenvalue weighted by Gasteiger charge is -2.11. The molecule has 1 aliphatic carbocycles. The summed E-state index contributed by atoms with van der Waals surface area (Å²) in [5, 5.41) is 16.6. The molecular weight excluding hydrogens is 452 g/mol. The molecule has 1 amide bonds. The fourth-order valence-electron chi connectivity index (χ4n) is 4.58. The molecule has 0 saturated heterocycles. The number of carbonyl (C=O) groups is 2. The third-order valence-electron chi connectivity index (χ3n) is 7.00. The highest BCUT2D eigenvalue weighted by Gasteiger charge is 2.51. The zero-order valence-corrected chi connectivity index (χ0v) is 20.2. The molecule has 182 valence electrons. The summed E-state index contributed by atoms with van der Waals surface area (Å²) in [6.07, 6.45) is 2.29. The molecule has 1 saturated carbocycles. The SMILES string of the molecule is Cc1noc(-c2ccc(-c3ccc(C4(C(=O)O)CC4)cc3)cc2)c1CCC(=O)NCc1ccccc1. The molecule has 0 radical (unpaired) electrons. The van der Waals surface area contributed by atoms with Crippen LogP contribution in [0.15, 0.2) is 83.4 Å². The minimum atomic E-state index is -0.744. The second kappa shape index (κ2) is 9.82. The van der Waals surface area contributed by atoms with Gasteiger partial charge in [-0.25, -0.2) is 0 Å². The van der Waals surface area contributed by atoms with Crippen LogP contribution in [-0.4, -0.2) is 22.1 Å². The number of aromatic nitrogens is 1. The highest BCUT2D eigenvalue weighted by molar-refractivity contribution is 5.85. The fraction of sp³-hybridized carbons (Fsp3) is 0.233. The molecule has 0 unspecified atom stereocenters. The van der Waals surface area contributed by atoms with Gasteiger partial charge in [-0.05, 0) is 48.4 Å². The van der Waals surface area contributed by atoms with E-state index in [0.717, 1.165) is 39.1 Å². The second-order valence-electron chi connectivity index (χ2n) is 9.38. The second-order valence-corrected chi connectivity index (χ2v) is 9.38. The number of carboxylic acid groups (broad SMARTS) is 1. The van der Waals surface area contributed by atoms with Crippen molar-refractivity contribution in [3.8, 4) is 22.5 Å². The molecule has 1 aromatic heterocycles. The average molecular weight is 481 g/mol. The summed E-state index contributed by atoms with van der Waals surface area (Å²) in [4.78, 5) is 24.0. The standard InChI is InChI=1S/C30H28N2O4/c1-20-26(15-16-27(33)31-19-21-5-3-2-4-6-21)28(36-32-20)24-9-7-22(8-10-24)23-11-13-25(14-12-23)30(17-18-30)29(34)35/h2-14H,15-19H2,1H3,(H,31,33)(H,34,35). The van der Waals surface area contributed by atoms with E-state index < -0.39 is 11.4 Å². The van der Waals surface area contributed by atoms with Gasteiger partial charge in [0.25, 0.3) is 0 Å². The van der Waals surface area contributed by atoms with Crippen LogP contribution in [0.2, 0.25) is 0 Å². The van der Waals surface area contributed by atoms with Crippen molar-refractivity contribution in [2.75, 3.05) is 0 Å². The molecule has 4 aromatic rings. The predicted octanol–water partition coefficient (Wildman–Crippen LogP) is 5.68. The highest BCUT2D eigenvalue weighted by atomic mass is 16.5. The number of hydrogen-bond donors (Lipinski definition) is 2. The fourth-order valence-corrected chi connectivity index (χ4v) is 4.58. The molecule has 0 spiro atoms. The van der Waals surface area contributed by atoms with E-state index in [1.54, 1.807) is 0 Å². The van der Waals surface area contributed by atoms with Crippen LogP contribution in [0, 0.1) is 6.92 Å². The van der Waals surface area contributed by atoms with Crippen molar-refractivity contribution in [3.63, 3.8) is 0 Å². The molecular formula is C30H28N2O4. The zero-order chi connectivity index (χ0) is 25.1. The maximum absolute atomic E-state index is 12.4. The molecule has 1 fully saturated rings. The first-order valence-corrected chi connectivity index (χ1v) is 12.2. The topological polar surface area (TPSA) is 92.4 Å². The molecule has 1 heterocycles. The predicted molar refractivity (Wildman–Crippen MR) is 137 cm³/mol. The first-order chi connectivity index (χ1) is 17.5. The zero-order valence-electron chi connectivity index (χ0n) is 20.2. The van der Waals surface area contributed by atoms with E-state index in [2.05, 4.69) is 10.5 Å². The van der Waals surface area contributed by atoms with Crippen LogP contribution in [0.4, 0.5) is 0 Å². The third kappa shape index (κ3) is 4.80. The summed E-state index contributed by atoms with van der Waals surface area (Å²) in [5.74, 6) is -0.0751. The van der Waals surface area contributed by atoms with Crippen LogP contribution in [0.25, 0.3) is 22.5 Å². The molecule has 6 nitrogen and oxygen atoms in total. The van der Waals surface area contributed by atoms with Crippen LogP contribution in [0.3, 0.4) is 0 Å². The number of carboxylic acids is 1. The molecule has 0 atom stereocenters. The van der Waals surface area contributed by atoms with Crippen LogP contribution >= 0.6 is 0 Å². The Morgan fingerprint density at radius 1 is 0.917 bits per heavy atom. The van der Waals surface area contributed by atoms with E-state index in [1.165, 1.54) is 0 Å². The molecule has 3 aromatic carbocycles. The number of benzene rings is 3. The van der Waals surface area contributed by atoms with Gasteiger partial charge in [0, 0.05) is 24.1 Å². The summed E-state index contributed by atoms with van der Waals surface area (Å²) in [5.41, 5.74) is 5.92. The van der Waals surface area contributed by atoms with E-state index >= 15 is 0 Å². The Balaban J connectivity index is 1.25. The Bertz CT molecular complexity index is 1370. The number of aliphatic carboxylic acids is 1. The summed E-state index contributed by atoms with van der Waals surface area (Å²) in [6.45, 7) is 2.40. The van der Waals surface area contributed by atoms with Crippen LogP contribution < -0.4 is 5.32 Å². The van der Waals surface area contributed by atoms with Crippen molar-refractivity contribution in [3.05, 3.63) is 101 Å². The van der Waals surface area contributed by atoms with Gasteiger partial charge >= 0.3 is 5.97 Å². The van der Waals surface area contributed by atoms with Crippen molar-refractivity contribution in [1.82, 2.24) is 10.5 Å². The summed E-state index contributed by atoms with van der Waals surface area (Å²) >= 11 is 0. The maximum Gasteiger partial charge on any atom is 0.314 e. The number of nitrogens with zero attached hydrogens (tertiary/aromatic N) is 1. The smallest absolute Gasteiger partial charge is 0.314 e. The van der Waals surface area contributed by atoms with Crippen LogP contribution in [-0.2, 0) is 28.0 Å². The highest BCUT2D eigenvalue weighted by Crippen LogP contribution is 2.48. The molecule has 36 heavy (non-hydrogen) atoms. The van der Waals surface area contributed by atoms with Crippen molar-refractivity contribution in [1.29, 1.82) is 0 Å². The summed E-state index contributed by atoms with van der Waals surface area (Å²) in [7, 11) is 0. The van der Waals surface area contributed by atoms with Gasteiger partial charge in [-0.2, -0.15) is 0 Å². The first kappa shape index (κ1) is 23.5. The van der Waals surface area contributed by atoms with E-state index in [4.69, 9.17) is 4.52 Å². The number of rotatable bonds is 9. The third-order valence-corrected chi connectivity index (χ3v) is 7.00. The molecule has 0 bridgehead atoms. The Labute approximate surface area is 210 Å². The van der Waals surface area contributed by atoms with Crippen LogP contribution in [0.5, 0.6) is 0 Å². The van der Waals surface area contributed by atoms with Gasteiger partial charge in [0.05, 0.1) is 11.1 Å². The van der Waals surface area contributed by atoms with Gasteiger partial charge in [-0.15, -0.1) is 0 Å². The lowest BCUT2D eigenvalue weighted by molar-refractivity contribution is -0.140. The van der Waals surface area contributed by atoms with E-state index in [1.807, 2.05) is 85.8 Å². The lowest BCUT2D eigenvalue weighted by Crippen LogP contribution is -2.23. The maximum atomic E-state index is 12.4. The number of hydrogen-bond acceptors (Lipinski definition) is 4. The normalized spacial score (nSPS) is 13.8. The molecule has 6 heteroatoms. The average Bonchev–Trinajstić information content (AvgIpc) is 3.65. The van der Waals surface area contributed by atoms with Crippen molar-refractivity contribution < 1.29 is 19.2 Å². The Kier molecular flexibility index (Phi) is 6.42. The van der Waals surface area contributed by atoms with E-state index in [-0.39, 0.29) is 5.91 Å². The Morgan fingerprint density at radius 2 is 1.53 bits per heavy atom. The lowest BCUT2D eigenvalue weighted by atomic mass is 9.93. The largest absolute Gasteiger partial charge is 0.481 e. The van der Waals surface area contributed by atoms with Gasteiger partial charge in [-0.1, -0.05) is 84.0 Å². The number of nitrogens with one attached hydrogen (secondary N) is 1. The summed E-state index contributed by atoms with van der Waals surface area (Å²) < 4.78 is 5.63. The van der Waals surface area contributed by atoms with Gasteiger partial charge in [-0.3, -0.25) is 9.59 Å². The number of aryl methyl sites for hydroxylation is 1. The molecule has 1 aliphatic rings. The van der Waals surface area contributed by atoms with Crippen molar-refractivity contribution >= 4 is 11.9 Å². The quantitative estimate of drug-likeness (QED) is 0.321. The minimum absolute atomic E-state index is 0.0138. The molecule has 2 N–H and O–H groups in total. The molecule has 5 rings (SSSR count). The van der Waals surface area contributed by atoms with Gasteiger partial charge < -0.3 is 14.9 Å². The van der Waals surface area contributed by atoms with Crippen molar-refractivity contribution in [2.24, 2.45) is 0 Å². The van der Waals surface area contributed by atoms with Gasteiger partial charge in [0.2, 0.25) is 5.91 Å². The summed E-state index contributed by atoms with van der Waals surface area (Å²) in [6, 6.07) is 25.6. The minimum Gasteiger partial charge on any atom is -0.481 e.